The van der Waals surface area contributed by atoms with Crippen LogP contribution in [0.2, 0.25) is 0 Å². The Kier molecular flexibility index (Phi) is 4.14. The second-order valence-electron chi connectivity index (χ2n) is 2.24. The maximum absolute atomic E-state index is 10.8. The summed E-state index contributed by atoms with van der Waals surface area (Å²) < 4.78 is 0. The van der Waals surface area contributed by atoms with Gasteiger partial charge in [-0.15, -0.1) is 0 Å². The molecule has 0 aromatic heterocycles. The molecule has 0 spiro atoms. The number of ketones is 1. The van der Waals surface area contributed by atoms with Gasteiger partial charge < -0.3 is 11.5 Å². The van der Waals surface area contributed by atoms with Gasteiger partial charge >= 0.3 is 0 Å². The van der Waals surface area contributed by atoms with Crippen LogP contribution in [0.5, 0.6) is 0 Å². The lowest BCUT2D eigenvalue weighted by Crippen LogP contribution is -2.30. The van der Waals surface area contributed by atoms with Gasteiger partial charge in [0.05, 0.1) is 15.9 Å². The van der Waals surface area contributed by atoms with Gasteiger partial charge in [-0.2, -0.15) is 0 Å². The van der Waals surface area contributed by atoms with Crippen molar-refractivity contribution in [2.75, 3.05) is 0 Å². The first-order valence-corrected chi connectivity index (χ1v) is 3.85. The molecule has 5 heteroatoms. The molecule has 11 heavy (non-hydrogen) atoms. The van der Waals surface area contributed by atoms with Crippen LogP contribution in [0.4, 0.5) is 0 Å². The van der Waals surface area contributed by atoms with Crippen molar-refractivity contribution in [2.24, 2.45) is 17.4 Å². The molecule has 0 heterocycles. The molecule has 0 rings (SSSR count). The fourth-order valence-electron chi connectivity index (χ4n) is 0.646. The van der Waals surface area contributed by atoms with Gasteiger partial charge in [-0.1, -0.05) is 24.4 Å². The van der Waals surface area contributed by atoms with Crippen molar-refractivity contribution >= 4 is 40.2 Å². The van der Waals surface area contributed by atoms with Gasteiger partial charge in [0.15, 0.2) is 0 Å². The summed E-state index contributed by atoms with van der Waals surface area (Å²) in [4.78, 5) is 11.3. The van der Waals surface area contributed by atoms with Crippen LogP contribution in [0.15, 0.2) is 0 Å². The normalized spacial score (nSPS) is 12.1. The minimum atomic E-state index is -0.484. The quantitative estimate of drug-likeness (QED) is 0.618. The molecule has 3 nitrogen and oxygen atoms in total. The fourth-order valence-corrected chi connectivity index (χ4v) is 1.06. The second-order valence-corrected chi connectivity index (χ2v) is 3.23. The monoisotopic (exact) mass is 190 g/mol. The zero-order chi connectivity index (χ0) is 9.02. The summed E-state index contributed by atoms with van der Waals surface area (Å²) in [7, 11) is 0. The molecular weight excluding hydrogens is 180 g/mol. The van der Waals surface area contributed by atoms with E-state index in [1.165, 1.54) is 6.92 Å². The molecule has 0 aliphatic heterocycles. The molecule has 0 fully saturated rings. The van der Waals surface area contributed by atoms with E-state index in [9.17, 15) is 4.79 Å². The number of carbonyl (C=O) groups is 1. The van der Waals surface area contributed by atoms with Crippen molar-refractivity contribution < 1.29 is 4.79 Å². The minimum Gasteiger partial charge on any atom is -0.393 e. The Morgan fingerprint density at radius 2 is 1.91 bits per heavy atom. The first kappa shape index (κ1) is 10.4. The van der Waals surface area contributed by atoms with Crippen LogP contribution in [-0.2, 0) is 4.79 Å². The van der Waals surface area contributed by atoms with E-state index in [0.717, 1.165) is 0 Å². The predicted octanol–water partition coefficient (Wildman–Crippen LogP) is 0.154. The predicted molar refractivity (Wildman–Crippen MR) is 52.4 cm³/mol. The molecule has 4 N–H and O–H groups in total. The van der Waals surface area contributed by atoms with E-state index in [0.29, 0.717) is 0 Å². The third-order valence-corrected chi connectivity index (χ3v) is 1.69. The molecule has 0 aliphatic rings. The van der Waals surface area contributed by atoms with Crippen molar-refractivity contribution in [3.8, 4) is 0 Å². The smallest absolute Gasteiger partial charge is 0.140 e. The molecule has 1 atom stereocenters. The lowest BCUT2D eigenvalue weighted by Gasteiger charge is -2.09. The summed E-state index contributed by atoms with van der Waals surface area (Å²) >= 11 is 9.27. The Balaban J connectivity index is 4.23. The van der Waals surface area contributed by atoms with Crippen LogP contribution >= 0.6 is 24.4 Å². The Morgan fingerprint density at radius 3 is 2.00 bits per heavy atom. The van der Waals surface area contributed by atoms with E-state index in [-0.39, 0.29) is 22.2 Å². The van der Waals surface area contributed by atoms with Gasteiger partial charge in [-0.05, 0) is 6.92 Å². The number of hydrogen-bond acceptors (Lipinski definition) is 3. The van der Waals surface area contributed by atoms with Crippen LogP contribution in [0.1, 0.15) is 13.3 Å². The van der Waals surface area contributed by atoms with Gasteiger partial charge in [-0.25, -0.2) is 0 Å². The van der Waals surface area contributed by atoms with E-state index >= 15 is 0 Å². The second kappa shape index (κ2) is 4.35. The van der Waals surface area contributed by atoms with Crippen LogP contribution < -0.4 is 11.5 Å². The number of carbonyl (C=O) groups excluding carboxylic acids is 1. The van der Waals surface area contributed by atoms with E-state index in [1.807, 2.05) is 0 Å². The molecular formula is C6H10N2OS2. The maximum atomic E-state index is 10.8. The fraction of sp³-hybridized carbons (Fsp3) is 0.500. The highest BCUT2D eigenvalue weighted by Crippen LogP contribution is 2.04. The highest BCUT2D eigenvalue weighted by molar-refractivity contribution is 7.80. The van der Waals surface area contributed by atoms with Crippen LogP contribution in [0.3, 0.4) is 0 Å². The SMILES string of the molecule is CC(=O)C(CC(N)=S)C(N)=S. The van der Waals surface area contributed by atoms with Gasteiger partial charge in [0.25, 0.3) is 0 Å². The van der Waals surface area contributed by atoms with E-state index in [2.05, 4.69) is 24.4 Å². The van der Waals surface area contributed by atoms with Crippen LogP contribution in [-0.4, -0.2) is 15.8 Å². The molecule has 1 unspecified atom stereocenters. The molecule has 62 valence electrons. The Bertz CT molecular complexity index is 189. The summed E-state index contributed by atoms with van der Waals surface area (Å²) in [6, 6.07) is 0. The average Bonchev–Trinajstić information content (AvgIpc) is 1.81. The first-order valence-electron chi connectivity index (χ1n) is 3.03. The zero-order valence-corrected chi connectivity index (χ0v) is 7.80. The maximum Gasteiger partial charge on any atom is 0.140 e. The first-order chi connectivity index (χ1) is 4.95. The lowest BCUT2D eigenvalue weighted by molar-refractivity contribution is -0.118. The van der Waals surface area contributed by atoms with E-state index < -0.39 is 5.92 Å². The number of hydrogen-bond donors (Lipinski definition) is 2. The number of rotatable bonds is 4. The summed E-state index contributed by atoms with van der Waals surface area (Å²) in [6.45, 7) is 1.42. The van der Waals surface area contributed by atoms with Crippen LogP contribution in [0, 0.1) is 5.92 Å². The van der Waals surface area contributed by atoms with Gasteiger partial charge in [-0.3, -0.25) is 4.79 Å². The van der Waals surface area contributed by atoms with Gasteiger partial charge in [0.2, 0.25) is 0 Å². The lowest BCUT2D eigenvalue weighted by atomic mass is 10.0. The van der Waals surface area contributed by atoms with Crippen LogP contribution in [0.25, 0.3) is 0 Å². The molecule has 0 saturated carbocycles. The highest BCUT2D eigenvalue weighted by atomic mass is 32.1. The van der Waals surface area contributed by atoms with Gasteiger partial charge in [0.1, 0.15) is 5.78 Å². The van der Waals surface area contributed by atoms with Crippen molar-refractivity contribution in [2.45, 2.75) is 13.3 Å². The average molecular weight is 190 g/mol. The zero-order valence-electron chi connectivity index (χ0n) is 6.16. The molecule has 0 saturated heterocycles. The van der Waals surface area contributed by atoms with Crippen molar-refractivity contribution in [1.82, 2.24) is 0 Å². The number of thiocarbonyl (C=S) groups is 2. The summed E-state index contributed by atoms with van der Waals surface area (Å²) in [5.74, 6) is -0.576. The molecule has 0 bridgehead atoms. The van der Waals surface area contributed by atoms with E-state index in [1.54, 1.807) is 0 Å². The van der Waals surface area contributed by atoms with E-state index in [4.69, 9.17) is 11.5 Å². The van der Waals surface area contributed by atoms with Crippen molar-refractivity contribution in [3.63, 3.8) is 0 Å². The molecule has 0 radical (unpaired) electrons. The Labute approximate surface area is 76.1 Å². The summed E-state index contributed by atoms with van der Waals surface area (Å²) in [6.07, 6.45) is 0.278. The Hall–Kier alpha value is -0.550. The minimum absolute atomic E-state index is 0.0923. The number of Topliss-reactive ketones (excluding diaryl/α,β-unsaturated/α-hetero) is 1. The third-order valence-electron chi connectivity index (χ3n) is 1.24. The topological polar surface area (TPSA) is 69.1 Å². The summed E-state index contributed by atoms with van der Waals surface area (Å²) in [5.41, 5.74) is 10.5. The Morgan fingerprint density at radius 1 is 1.45 bits per heavy atom. The molecule has 0 aromatic carbocycles. The standard InChI is InChI=1S/C6H10N2OS2/c1-3(9)4(6(8)11)2-5(7)10/h4H,2H2,1H3,(H2,7,10)(H2,8,11). The van der Waals surface area contributed by atoms with Crippen molar-refractivity contribution in [1.29, 1.82) is 0 Å². The largest absolute Gasteiger partial charge is 0.393 e. The van der Waals surface area contributed by atoms with Crippen molar-refractivity contribution in [3.05, 3.63) is 0 Å². The number of nitrogens with two attached hydrogens (primary N) is 2. The highest BCUT2D eigenvalue weighted by Gasteiger charge is 2.17. The molecule has 0 aromatic rings. The van der Waals surface area contributed by atoms with Gasteiger partial charge in [0, 0.05) is 6.42 Å². The molecule has 0 aliphatic carbocycles. The third kappa shape index (κ3) is 4.00. The molecule has 0 amide bonds. The summed E-state index contributed by atoms with van der Waals surface area (Å²) in [5, 5.41) is 0.